The number of aromatic nitrogens is 3. The minimum Gasteiger partial charge on any atom is -0.324 e. The third-order valence-corrected chi connectivity index (χ3v) is 5.90. The van der Waals surface area contributed by atoms with Crippen LogP contribution < -0.4 is 0 Å². The van der Waals surface area contributed by atoms with Crippen LogP contribution in [0.5, 0.6) is 0 Å². The molecule has 2 amide bonds. The summed E-state index contributed by atoms with van der Waals surface area (Å²) in [6, 6.07) is 23.0. The van der Waals surface area contributed by atoms with E-state index in [1.54, 1.807) is 24.3 Å². The Kier molecular flexibility index (Phi) is 3.86. The maximum Gasteiger partial charge on any atom is 0.261 e. The van der Waals surface area contributed by atoms with Crippen molar-refractivity contribution in [1.82, 2.24) is 19.4 Å². The Bertz CT molecular complexity index is 1480. The van der Waals surface area contributed by atoms with Gasteiger partial charge < -0.3 is 4.57 Å². The van der Waals surface area contributed by atoms with Crippen molar-refractivity contribution in [2.75, 3.05) is 6.54 Å². The lowest BCUT2D eigenvalue weighted by atomic mass is 10.1. The van der Waals surface area contributed by atoms with Gasteiger partial charge in [-0.1, -0.05) is 42.5 Å². The first-order valence-corrected chi connectivity index (χ1v) is 10.3. The van der Waals surface area contributed by atoms with Gasteiger partial charge in [-0.25, -0.2) is 9.97 Å². The number of rotatable bonds is 4. The van der Waals surface area contributed by atoms with Crippen LogP contribution in [0.3, 0.4) is 0 Å². The Morgan fingerprint density at radius 3 is 2.03 bits per heavy atom. The van der Waals surface area contributed by atoms with Crippen LogP contribution in [0, 0.1) is 0 Å². The summed E-state index contributed by atoms with van der Waals surface area (Å²) in [5.41, 5.74) is 5.43. The molecule has 6 heteroatoms. The maximum absolute atomic E-state index is 12.6. The molecule has 5 aromatic rings. The van der Waals surface area contributed by atoms with Crippen molar-refractivity contribution in [3.8, 4) is 0 Å². The molecule has 0 saturated heterocycles. The van der Waals surface area contributed by atoms with Crippen molar-refractivity contribution in [3.05, 3.63) is 83.9 Å². The van der Waals surface area contributed by atoms with Gasteiger partial charge in [-0.05, 0) is 36.8 Å². The highest BCUT2D eigenvalue weighted by atomic mass is 16.2. The first kappa shape index (κ1) is 17.8. The summed E-state index contributed by atoms with van der Waals surface area (Å²) >= 11 is 0. The summed E-state index contributed by atoms with van der Waals surface area (Å²) in [4.78, 5) is 36.4. The molecular weight excluding hydrogens is 388 g/mol. The number of imide groups is 1. The van der Waals surface area contributed by atoms with Crippen LogP contribution in [-0.2, 0) is 6.54 Å². The fraction of sp³-hybridized carbons (Fsp3) is 0.120. The normalized spacial score (nSPS) is 13.6. The first-order chi connectivity index (χ1) is 15.2. The Balaban J connectivity index is 1.35. The Morgan fingerprint density at radius 2 is 1.29 bits per heavy atom. The van der Waals surface area contributed by atoms with Crippen molar-refractivity contribution < 1.29 is 9.59 Å². The lowest BCUT2D eigenvalue weighted by Gasteiger charge is -2.14. The average Bonchev–Trinajstić information content (AvgIpc) is 3.24. The van der Waals surface area contributed by atoms with E-state index in [4.69, 9.17) is 9.97 Å². The number of aryl methyl sites for hydroxylation is 1. The molecule has 3 heterocycles. The number of fused-ring (bicyclic) bond motifs is 5. The number of carbonyl (C=O) groups excluding carboxylic acids is 2. The molecule has 150 valence electrons. The minimum absolute atomic E-state index is 0.214. The van der Waals surface area contributed by atoms with Gasteiger partial charge >= 0.3 is 0 Å². The molecule has 3 aromatic carbocycles. The Labute approximate surface area is 177 Å². The quantitative estimate of drug-likeness (QED) is 0.414. The lowest BCUT2D eigenvalue weighted by molar-refractivity contribution is 0.0651. The molecule has 0 saturated carbocycles. The van der Waals surface area contributed by atoms with Gasteiger partial charge in [-0.2, -0.15) is 0 Å². The molecule has 0 radical (unpaired) electrons. The van der Waals surface area contributed by atoms with Gasteiger partial charge in [0.1, 0.15) is 5.52 Å². The highest BCUT2D eigenvalue weighted by molar-refractivity contribution is 6.21. The van der Waals surface area contributed by atoms with Crippen LogP contribution in [0.15, 0.2) is 72.8 Å². The fourth-order valence-electron chi connectivity index (χ4n) is 4.44. The number of carbonyl (C=O) groups is 2. The van der Waals surface area contributed by atoms with Crippen molar-refractivity contribution in [1.29, 1.82) is 0 Å². The summed E-state index contributed by atoms with van der Waals surface area (Å²) < 4.78 is 2.14. The third-order valence-electron chi connectivity index (χ3n) is 5.90. The second kappa shape index (κ2) is 6.74. The van der Waals surface area contributed by atoms with Crippen molar-refractivity contribution in [2.45, 2.75) is 13.0 Å². The standard InChI is InChI=1S/C25H18N4O2/c30-24-16-8-1-2-9-17(16)25(31)29(24)15-7-14-28-21-13-6-3-10-18(21)22-23(28)27-20-12-5-4-11-19(20)26-22/h1-6,8-13H,7,14-15H2. The molecule has 0 aliphatic carbocycles. The van der Waals surface area contributed by atoms with E-state index in [0.29, 0.717) is 30.6 Å². The van der Waals surface area contributed by atoms with E-state index >= 15 is 0 Å². The number of para-hydroxylation sites is 3. The van der Waals surface area contributed by atoms with Gasteiger partial charge in [0.2, 0.25) is 0 Å². The van der Waals surface area contributed by atoms with Crippen LogP contribution in [0.25, 0.3) is 33.1 Å². The second-order valence-corrected chi connectivity index (χ2v) is 7.71. The largest absolute Gasteiger partial charge is 0.324 e. The zero-order valence-corrected chi connectivity index (χ0v) is 16.7. The predicted molar refractivity (Wildman–Crippen MR) is 119 cm³/mol. The topological polar surface area (TPSA) is 68.1 Å². The predicted octanol–water partition coefficient (Wildman–Crippen LogP) is 4.42. The highest BCUT2D eigenvalue weighted by Crippen LogP contribution is 2.29. The number of amides is 2. The molecule has 0 atom stereocenters. The van der Waals surface area contributed by atoms with E-state index in [1.165, 1.54) is 4.90 Å². The van der Waals surface area contributed by atoms with Crippen molar-refractivity contribution in [2.24, 2.45) is 0 Å². The summed E-state index contributed by atoms with van der Waals surface area (Å²) in [5, 5.41) is 1.05. The number of benzene rings is 3. The Morgan fingerprint density at radius 1 is 0.677 bits per heavy atom. The summed E-state index contributed by atoms with van der Waals surface area (Å²) in [7, 11) is 0. The molecule has 6 nitrogen and oxygen atoms in total. The molecule has 0 N–H and O–H groups in total. The Hall–Kier alpha value is -4.06. The summed E-state index contributed by atoms with van der Waals surface area (Å²) in [6.45, 7) is 0.992. The van der Waals surface area contributed by atoms with E-state index in [2.05, 4.69) is 16.7 Å². The first-order valence-electron chi connectivity index (χ1n) is 10.3. The van der Waals surface area contributed by atoms with Gasteiger partial charge in [0, 0.05) is 18.5 Å². The number of hydrogen-bond acceptors (Lipinski definition) is 4. The van der Waals surface area contributed by atoms with E-state index in [9.17, 15) is 9.59 Å². The van der Waals surface area contributed by atoms with E-state index < -0.39 is 0 Å². The molecular formula is C25H18N4O2. The molecule has 0 unspecified atom stereocenters. The summed E-state index contributed by atoms with van der Waals surface area (Å²) in [6.07, 6.45) is 0.633. The molecule has 31 heavy (non-hydrogen) atoms. The van der Waals surface area contributed by atoms with Gasteiger partial charge in [-0.15, -0.1) is 0 Å². The molecule has 1 aliphatic heterocycles. The molecule has 0 bridgehead atoms. The highest BCUT2D eigenvalue weighted by Gasteiger charge is 2.34. The average molecular weight is 406 g/mol. The SMILES string of the molecule is O=C1c2ccccc2C(=O)N1CCCn1c2ccccc2c2nc3ccccc3nc21. The van der Waals surface area contributed by atoms with Gasteiger partial charge in [0.15, 0.2) is 5.65 Å². The van der Waals surface area contributed by atoms with Gasteiger partial charge in [0.05, 0.1) is 27.7 Å². The smallest absolute Gasteiger partial charge is 0.261 e. The zero-order chi connectivity index (χ0) is 20.9. The monoisotopic (exact) mass is 406 g/mol. The van der Waals surface area contributed by atoms with E-state index in [1.807, 2.05) is 36.4 Å². The van der Waals surface area contributed by atoms with Crippen LogP contribution in [0.1, 0.15) is 27.1 Å². The van der Waals surface area contributed by atoms with Crippen LogP contribution in [-0.4, -0.2) is 37.8 Å². The van der Waals surface area contributed by atoms with Crippen LogP contribution in [0.2, 0.25) is 0 Å². The van der Waals surface area contributed by atoms with Crippen molar-refractivity contribution >= 4 is 44.9 Å². The second-order valence-electron chi connectivity index (χ2n) is 7.71. The number of hydrogen-bond donors (Lipinski definition) is 0. The molecule has 0 fully saturated rings. The molecule has 2 aromatic heterocycles. The third kappa shape index (κ3) is 2.65. The van der Waals surface area contributed by atoms with Crippen molar-refractivity contribution in [3.63, 3.8) is 0 Å². The molecule has 0 spiro atoms. The molecule has 1 aliphatic rings. The lowest BCUT2D eigenvalue weighted by Crippen LogP contribution is -2.31. The van der Waals surface area contributed by atoms with Gasteiger partial charge in [-0.3, -0.25) is 14.5 Å². The summed E-state index contributed by atoms with van der Waals surface area (Å²) in [5.74, 6) is -0.429. The van der Waals surface area contributed by atoms with Gasteiger partial charge in [0.25, 0.3) is 11.8 Å². The number of nitrogens with zero attached hydrogens (tertiary/aromatic N) is 4. The van der Waals surface area contributed by atoms with E-state index in [0.717, 1.165) is 33.1 Å². The fourth-order valence-corrected chi connectivity index (χ4v) is 4.44. The maximum atomic E-state index is 12.6. The van der Waals surface area contributed by atoms with E-state index in [-0.39, 0.29) is 11.8 Å². The van der Waals surface area contributed by atoms with Crippen LogP contribution >= 0.6 is 0 Å². The minimum atomic E-state index is -0.214. The molecule has 6 rings (SSSR count). The zero-order valence-electron chi connectivity index (χ0n) is 16.7. The van der Waals surface area contributed by atoms with Crippen LogP contribution in [0.4, 0.5) is 0 Å².